The second kappa shape index (κ2) is 7.24. The van der Waals surface area contributed by atoms with E-state index in [1.807, 2.05) is 17.0 Å². The summed E-state index contributed by atoms with van der Waals surface area (Å²) in [7, 11) is -0.455. The Morgan fingerprint density at radius 1 is 1.19 bits per heavy atom. The fourth-order valence-electron chi connectivity index (χ4n) is 2.35. The Balaban J connectivity index is 2.08. The summed E-state index contributed by atoms with van der Waals surface area (Å²) in [5, 5.41) is 11.4. The molecule has 6 nitrogen and oxygen atoms in total. The number of phenols is 1. The molecule has 136 valence electrons. The van der Waals surface area contributed by atoms with Crippen molar-refractivity contribution in [1.29, 1.82) is 0 Å². The Morgan fingerprint density at radius 3 is 2.54 bits per heavy atom. The third-order valence-electron chi connectivity index (χ3n) is 3.78. The molecule has 3 aromatic rings. The number of rotatable bonds is 4. The zero-order valence-electron chi connectivity index (χ0n) is 14.0. The molecule has 0 aliphatic heterocycles. The summed E-state index contributed by atoms with van der Waals surface area (Å²) in [4.78, 5) is 5.31. The van der Waals surface area contributed by atoms with E-state index < -0.39 is 10.0 Å². The third-order valence-corrected chi connectivity index (χ3v) is 6.60. The quantitative estimate of drug-likeness (QED) is 0.693. The maximum Gasteiger partial charge on any atom is 0.241 e. The predicted octanol–water partition coefficient (Wildman–Crippen LogP) is 3.25. The molecular formula is C17H16ClN3O3S2. The average molecular weight is 410 g/mol. The van der Waals surface area contributed by atoms with Crippen LogP contribution in [0, 0.1) is 0 Å². The van der Waals surface area contributed by atoms with Gasteiger partial charge in [0.1, 0.15) is 10.6 Å². The van der Waals surface area contributed by atoms with E-state index in [0.29, 0.717) is 11.3 Å². The lowest BCUT2D eigenvalue weighted by Gasteiger charge is -2.08. The molecule has 0 bridgehead atoms. The Bertz CT molecular complexity index is 1120. The van der Waals surface area contributed by atoms with Gasteiger partial charge >= 0.3 is 0 Å². The number of aromatic hydroxyl groups is 1. The Kier molecular flexibility index (Phi) is 5.19. The number of aromatic nitrogens is 1. The zero-order valence-corrected chi connectivity index (χ0v) is 16.4. The lowest BCUT2D eigenvalue weighted by Crippen LogP contribution is -2.19. The molecule has 0 unspecified atom stereocenters. The molecule has 0 saturated heterocycles. The highest BCUT2D eigenvalue weighted by Gasteiger charge is 2.17. The number of hydrogen-bond acceptors (Lipinski definition) is 5. The molecular weight excluding hydrogens is 394 g/mol. The van der Waals surface area contributed by atoms with Crippen molar-refractivity contribution in [3.63, 3.8) is 0 Å². The van der Waals surface area contributed by atoms with Crippen LogP contribution < -0.4 is 9.52 Å². The van der Waals surface area contributed by atoms with Crippen molar-refractivity contribution in [3.05, 3.63) is 57.7 Å². The van der Waals surface area contributed by atoms with Gasteiger partial charge in [-0.15, -0.1) is 11.3 Å². The van der Waals surface area contributed by atoms with E-state index in [1.165, 1.54) is 18.4 Å². The van der Waals surface area contributed by atoms with Crippen LogP contribution in [0.25, 0.3) is 11.3 Å². The van der Waals surface area contributed by atoms with Crippen molar-refractivity contribution in [2.45, 2.75) is 4.90 Å². The van der Waals surface area contributed by atoms with Gasteiger partial charge in [-0.25, -0.2) is 18.1 Å². The van der Waals surface area contributed by atoms with Crippen molar-refractivity contribution >= 4 is 38.6 Å². The van der Waals surface area contributed by atoms with Crippen LogP contribution in [0.5, 0.6) is 5.75 Å². The lowest BCUT2D eigenvalue weighted by molar-refractivity contribution is 0.475. The minimum absolute atomic E-state index is 0.0300. The first-order valence-electron chi connectivity index (χ1n) is 7.53. The first-order valence-corrected chi connectivity index (χ1v) is 10.3. The van der Waals surface area contributed by atoms with Gasteiger partial charge in [0.25, 0.3) is 0 Å². The highest BCUT2D eigenvalue weighted by atomic mass is 35.5. The van der Waals surface area contributed by atoms with Crippen molar-refractivity contribution in [3.8, 4) is 17.0 Å². The van der Waals surface area contributed by atoms with Crippen LogP contribution in [0.2, 0.25) is 5.02 Å². The van der Waals surface area contributed by atoms with E-state index in [-0.39, 0.29) is 15.7 Å². The minimum Gasteiger partial charge on any atom is -0.508 e. The Labute approximate surface area is 160 Å². The number of thiazole rings is 1. The van der Waals surface area contributed by atoms with E-state index in [2.05, 4.69) is 9.71 Å². The molecule has 0 aliphatic carbocycles. The van der Waals surface area contributed by atoms with Gasteiger partial charge in [-0.05, 0) is 43.4 Å². The maximum absolute atomic E-state index is 12.1. The monoisotopic (exact) mass is 409 g/mol. The number of sulfonamides is 1. The molecule has 0 spiro atoms. The molecule has 1 heterocycles. The van der Waals surface area contributed by atoms with Crippen LogP contribution in [0.3, 0.4) is 0 Å². The number of nitrogens with one attached hydrogen (secondary N) is 1. The topological polar surface area (TPSA) is 83.7 Å². The molecule has 1 aromatic heterocycles. The number of halogens is 1. The summed E-state index contributed by atoms with van der Waals surface area (Å²) in [6, 6.07) is 11.5. The van der Waals surface area contributed by atoms with Crippen LogP contribution in [-0.2, 0) is 17.1 Å². The standard InChI is InChI=1S/C17H16ClN3O3S2/c1-19-26(23,24)16-9-11(3-8-14(16)18)15-10-25-17(21(15)2)20-12-4-6-13(22)7-5-12/h3-10,19,22H,1-2H3/b20-17+. The lowest BCUT2D eigenvalue weighted by atomic mass is 10.2. The Morgan fingerprint density at radius 2 is 1.88 bits per heavy atom. The van der Waals surface area contributed by atoms with Crippen LogP contribution in [0.15, 0.2) is 57.7 Å². The van der Waals surface area contributed by atoms with Gasteiger partial charge in [-0.2, -0.15) is 0 Å². The number of phenolic OH excluding ortho intramolecular Hbond substituents is 1. The molecule has 26 heavy (non-hydrogen) atoms. The van der Waals surface area contributed by atoms with Crippen molar-refractivity contribution in [1.82, 2.24) is 9.29 Å². The predicted molar refractivity (Wildman–Crippen MR) is 103 cm³/mol. The summed E-state index contributed by atoms with van der Waals surface area (Å²) >= 11 is 7.48. The number of hydrogen-bond donors (Lipinski definition) is 2. The molecule has 3 rings (SSSR count). The van der Waals surface area contributed by atoms with Gasteiger partial charge in [0.2, 0.25) is 10.0 Å². The second-order valence-electron chi connectivity index (χ2n) is 5.44. The van der Waals surface area contributed by atoms with E-state index in [4.69, 9.17) is 11.6 Å². The first-order chi connectivity index (χ1) is 12.3. The average Bonchev–Trinajstić information content (AvgIpc) is 2.98. The van der Waals surface area contributed by atoms with Gasteiger partial charge in [0.15, 0.2) is 4.80 Å². The van der Waals surface area contributed by atoms with Crippen molar-refractivity contribution in [2.24, 2.45) is 12.0 Å². The summed E-state index contributed by atoms with van der Waals surface area (Å²) < 4.78 is 28.4. The number of nitrogens with zero attached hydrogens (tertiary/aromatic N) is 2. The molecule has 2 N–H and O–H groups in total. The zero-order chi connectivity index (χ0) is 18.9. The highest BCUT2D eigenvalue weighted by molar-refractivity contribution is 7.89. The fourth-order valence-corrected chi connectivity index (χ4v) is 4.52. The van der Waals surface area contributed by atoms with Gasteiger partial charge in [0, 0.05) is 18.0 Å². The largest absolute Gasteiger partial charge is 0.508 e. The summed E-state index contributed by atoms with van der Waals surface area (Å²) in [5.74, 6) is 0.180. The van der Waals surface area contributed by atoms with Crippen molar-refractivity contribution in [2.75, 3.05) is 7.05 Å². The minimum atomic E-state index is -3.65. The summed E-state index contributed by atoms with van der Waals surface area (Å²) in [6.45, 7) is 0. The van der Waals surface area contributed by atoms with Gasteiger partial charge < -0.3 is 9.67 Å². The normalized spacial score (nSPS) is 12.5. The molecule has 0 amide bonds. The molecule has 2 aromatic carbocycles. The second-order valence-corrected chi connectivity index (χ2v) is 8.54. The van der Waals surface area contributed by atoms with Crippen LogP contribution in [0.1, 0.15) is 0 Å². The van der Waals surface area contributed by atoms with Crippen LogP contribution in [-0.4, -0.2) is 25.1 Å². The maximum atomic E-state index is 12.1. The van der Waals surface area contributed by atoms with E-state index >= 15 is 0 Å². The molecule has 0 fully saturated rings. The molecule has 0 atom stereocenters. The highest BCUT2D eigenvalue weighted by Crippen LogP contribution is 2.28. The fraction of sp³-hybridized carbons (Fsp3) is 0.118. The van der Waals surface area contributed by atoms with Gasteiger partial charge in [0.05, 0.1) is 16.4 Å². The molecule has 9 heteroatoms. The number of benzene rings is 2. The Hall–Kier alpha value is -2.13. The van der Waals surface area contributed by atoms with Crippen LogP contribution >= 0.6 is 22.9 Å². The smallest absolute Gasteiger partial charge is 0.241 e. The first kappa shape index (κ1) is 18.7. The third kappa shape index (κ3) is 3.68. The van der Waals surface area contributed by atoms with E-state index in [9.17, 15) is 13.5 Å². The molecule has 0 aliphatic rings. The summed E-state index contributed by atoms with van der Waals surface area (Å²) in [6.07, 6.45) is 0. The van der Waals surface area contributed by atoms with Crippen molar-refractivity contribution < 1.29 is 13.5 Å². The van der Waals surface area contributed by atoms with E-state index in [0.717, 1.165) is 10.5 Å². The molecule has 0 radical (unpaired) electrons. The molecule has 0 saturated carbocycles. The summed E-state index contributed by atoms with van der Waals surface area (Å²) in [5.41, 5.74) is 2.24. The van der Waals surface area contributed by atoms with Crippen LogP contribution in [0.4, 0.5) is 5.69 Å². The van der Waals surface area contributed by atoms with Gasteiger partial charge in [-0.3, -0.25) is 0 Å². The van der Waals surface area contributed by atoms with Gasteiger partial charge in [-0.1, -0.05) is 17.7 Å². The SMILES string of the molecule is CNS(=O)(=O)c1cc(-c2cs/c(=N/c3ccc(O)cc3)n2C)ccc1Cl. The van der Waals surface area contributed by atoms with E-state index in [1.54, 1.807) is 42.5 Å².